The average molecular weight is 279 g/mol. The molecule has 0 aliphatic carbocycles. The van der Waals surface area contributed by atoms with Crippen LogP contribution in [0, 0.1) is 0 Å². The Morgan fingerprint density at radius 2 is 2.14 bits per heavy atom. The molecule has 2 heterocycles. The summed E-state index contributed by atoms with van der Waals surface area (Å²) in [5, 5.41) is 0. The van der Waals surface area contributed by atoms with Crippen molar-refractivity contribution in [1.29, 1.82) is 0 Å². The zero-order valence-corrected chi connectivity index (χ0v) is 12.7. The standard InChI is InChI=1S/C18H21N3/c1-3-9-15(19-13-4-2)17-11-8-12-18(21-17)16-10-6-5-7-14-20-16/h6-14H,3-5H2,1-2H3/b15-9-,19-13?. The first-order valence-corrected chi connectivity index (χ1v) is 7.45. The normalized spacial score (nSPS) is 15.3. The minimum atomic E-state index is 0.879. The predicted octanol–water partition coefficient (Wildman–Crippen LogP) is 4.58. The van der Waals surface area contributed by atoms with Gasteiger partial charge >= 0.3 is 0 Å². The molecule has 0 N–H and O–H groups in total. The molecular weight excluding hydrogens is 258 g/mol. The molecule has 0 amide bonds. The molecule has 1 aliphatic rings. The van der Waals surface area contributed by atoms with Gasteiger partial charge in [0.05, 0.1) is 22.8 Å². The summed E-state index contributed by atoms with van der Waals surface area (Å²) < 4.78 is 0. The highest BCUT2D eigenvalue weighted by Gasteiger charge is 2.06. The zero-order valence-electron chi connectivity index (χ0n) is 12.7. The van der Waals surface area contributed by atoms with Crippen LogP contribution in [0.1, 0.15) is 44.5 Å². The van der Waals surface area contributed by atoms with Gasteiger partial charge in [-0.2, -0.15) is 0 Å². The fraction of sp³-hybridized carbons (Fsp3) is 0.278. The second-order valence-corrected chi connectivity index (χ2v) is 4.66. The van der Waals surface area contributed by atoms with Gasteiger partial charge < -0.3 is 0 Å². The van der Waals surface area contributed by atoms with Gasteiger partial charge in [0.1, 0.15) is 0 Å². The summed E-state index contributed by atoms with van der Waals surface area (Å²) >= 11 is 0. The lowest BCUT2D eigenvalue weighted by Gasteiger charge is -2.05. The van der Waals surface area contributed by atoms with E-state index in [-0.39, 0.29) is 0 Å². The van der Waals surface area contributed by atoms with Crippen LogP contribution in [0.5, 0.6) is 0 Å². The van der Waals surface area contributed by atoms with Crippen molar-refractivity contribution in [3.05, 3.63) is 60.1 Å². The minimum Gasteiger partial charge on any atom is -0.259 e. The Balaban J connectivity index is 2.36. The molecule has 0 spiro atoms. The molecule has 0 unspecified atom stereocenters. The first kappa shape index (κ1) is 15.1. The van der Waals surface area contributed by atoms with Gasteiger partial charge in [0.2, 0.25) is 0 Å². The third kappa shape index (κ3) is 4.35. The van der Waals surface area contributed by atoms with Crippen LogP contribution in [-0.2, 0) is 0 Å². The Morgan fingerprint density at radius 1 is 1.24 bits per heavy atom. The topological polar surface area (TPSA) is 37.6 Å². The lowest BCUT2D eigenvalue weighted by Crippen LogP contribution is -2.02. The molecule has 3 nitrogen and oxygen atoms in total. The van der Waals surface area contributed by atoms with Gasteiger partial charge in [0.25, 0.3) is 0 Å². The van der Waals surface area contributed by atoms with Crippen LogP contribution >= 0.6 is 0 Å². The highest BCUT2D eigenvalue weighted by Crippen LogP contribution is 2.16. The Kier molecular flexibility index (Phi) is 5.83. The fourth-order valence-corrected chi connectivity index (χ4v) is 1.97. The van der Waals surface area contributed by atoms with E-state index in [0.29, 0.717) is 0 Å². The monoisotopic (exact) mass is 279 g/mol. The van der Waals surface area contributed by atoms with Crippen LogP contribution in [0.2, 0.25) is 0 Å². The maximum Gasteiger partial charge on any atom is 0.0894 e. The Hall–Kier alpha value is -2.29. The van der Waals surface area contributed by atoms with Crippen molar-refractivity contribution in [2.24, 2.45) is 9.98 Å². The summed E-state index contributed by atoms with van der Waals surface area (Å²) in [7, 11) is 0. The summed E-state index contributed by atoms with van der Waals surface area (Å²) in [5.74, 6) is 0. The van der Waals surface area contributed by atoms with Crippen LogP contribution < -0.4 is 0 Å². The van der Waals surface area contributed by atoms with E-state index in [1.807, 2.05) is 42.8 Å². The van der Waals surface area contributed by atoms with E-state index in [1.165, 1.54) is 0 Å². The van der Waals surface area contributed by atoms with Crippen LogP contribution in [0.3, 0.4) is 0 Å². The molecule has 2 rings (SSSR count). The van der Waals surface area contributed by atoms with Crippen molar-refractivity contribution < 1.29 is 0 Å². The van der Waals surface area contributed by atoms with E-state index in [0.717, 1.165) is 42.1 Å². The molecule has 0 bridgehead atoms. The Morgan fingerprint density at radius 3 is 2.95 bits per heavy atom. The minimum absolute atomic E-state index is 0.879. The summed E-state index contributed by atoms with van der Waals surface area (Å²) in [6.07, 6.45) is 14.8. The van der Waals surface area contributed by atoms with Crippen molar-refractivity contribution in [3.8, 4) is 0 Å². The molecule has 1 aromatic heterocycles. The average Bonchev–Trinajstić information content (AvgIpc) is 2.81. The Labute approximate surface area is 126 Å². The van der Waals surface area contributed by atoms with E-state index in [9.17, 15) is 0 Å². The van der Waals surface area contributed by atoms with E-state index >= 15 is 0 Å². The lowest BCUT2D eigenvalue weighted by molar-refractivity contribution is 1.18. The van der Waals surface area contributed by atoms with Gasteiger partial charge in [-0.25, -0.2) is 4.98 Å². The van der Waals surface area contributed by atoms with Crippen molar-refractivity contribution in [3.63, 3.8) is 0 Å². The second-order valence-electron chi connectivity index (χ2n) is 4.66. The van der Waals surface area contributed by atoms with E-state index in [2.05, 4.69) is 36.0 Å². The lowest BCUT2D eigenvalue weighted by atomic mass is 10.1. The van der Waals surface area contributed by atoms with Gasteiger partial charge in [-0.05, 0) is 37.5 Å². The number of aliphatic imine (C=N–C) groups is 2. The van der Waals surface area contributed by atoms with Crippen LogP contribution in [-0.4, -0.2) is 16.9 Å². The quantitative estimate of drug-likeness (QED) is 0.727. The maximum absolute atomic E-state index is 4.71. The summed E-state index contributed by atoms with van der Waals surface area (Å²) in [6, 6.07) is 5.99. The zero-order chi connectivity index (χ0) is 14.9. The van der Waals surface area contributed by atoms with Crippen molar-refractivity contribution in [2.75, 3.05) is 0 Å². The van der Waals surface area contributed by atoms with Crippen LogP contribution in [0.4, 0.5) is 0 Å². The molecular formula is C18H21N3. The number of pyridine rings is 1. The summed E-state index contributed by atoms with van der Waals surface area (Å²) in [5.41, 5.74) is 3.59. The van der Waals surface area contributed by atoms with Gasteiger partial charge in [-0.3, -0.25) is 9.98 Å². The maximum atomic E-state index is 4.71. The third-order valence-electron chi connectivity index (χ3n) is 2.95. The van der Waals surface area contributed by atoms with Crippen molar-refractivity contribution in [1.82, 2.24) is 4.98 Å². The number of nitrogens with zero attached hydrogens (tertiary/aromatic N) is 3. The first-order valence-electron chi connectivity index (χ1n) is 7.45. The molecule has 108 valence electrons. The van der Waals surface area contributed by atoms with Crippen molar-refractivity contribution in [2.45, 2.75) is 33.1 Å². The van der Waals surface area contributed by atoms with Gasteiger partial charge in [-0.15, -0.1) is 0 Å². The smallest absolute Gasteiger partial charge is 0.0894 e. The van der Waals surface area contributed by atoms with Crippen LogP contribution in [0.25, 0.3) is 5.70 Å². The molecule has 0 radical (unpaired) electrons. The predicted molar refractivity (Wildman–Crippen MR) is 90.7 cm³/mol. The fourth-order valence-electron chi connectivity index (χ4n) is 1.97. The summed E-state index contributed by atoms with van der Waals surface area (Å²) in [6.45, 7) is 4.18. The van der Waals surface area contributed by atoms with Crippen LogP contribution in [0.15, 0.2) is 58.7 Å². The highest BCUT2D eigenvalue weighted by molar-refractivity contribution is 6.08. The number of hydrogen-bond donors (Lipinski definition) is 0. The molecule has 0 saturated heterocycles. The molecule has 1 aromatic rings. The molecule has 1 aliphatic heterocycles. The van der Waals surface area contributed by atoms with Crippen molar-refractivity contribution >= 4 is 17.6 Å². The largest absolute Gasteiger partial charge is 0.259 e. The van der Waals surface area contributed by atoms with E-state index in [4.69, 9.17) is 4.98 Å². The second kappa shape index (κ2) is 8.10. The number of rotatable bonds is 5. The molecule has 0 atom stereocenters. The molecule has 0 aromatic carbocycles. The molecule has 0 saturated carbocycles. The number of hydrogen-bond acceptors (Lipinski definition) is 3. The van der Waals surface area contributed by atoms with E-state index in [1.54, 1.807) is 0 Å². The summed E-state index contributed by atoms with van der Waals surface area (Å²) in [4.78, 5) is 13.7. The van der Waals surface area contributed by atoms with E-state index < -0.39 is 0 Å². The van der Waals surface area contributed by atoms with Gasteiger partial charge in [0, 0.05) is 12.4 Å². The number of aromatic nitrogens is 1. The Bertz CT molecular complexity index is 619. The molecule has 3 heteroatoms. The third-order valence-corrected chi connectivity index (χ3v) is 2.95. The number of allylic oxidation sites excluding steroid dienone is 4. The van der Waals surface area contributed by atoms with Gasteiger partial charge in [0.15, 0.2) is 0 Å². The molecule has 0 fully saturated rings. The molecule has 21 heavy (non-hydrogen) atoms. The van der Waals surface area contributed by atoms with Gasteiger partial charge in [-0.1, -0.05) is 38.1 Å². The SMILES string of the molecule is CCC=N/C(=C\CC)c1cccc(C2=NC=CCC=C2)n1. The first-order chi connectivity index (χ1) is 10.3. The highest BCUT2D eigenvalue weighted by atomic mass is 14.8.